The molecular weight excluding hydrogens is 222 g/mol. The number of aromatic nitrogens is 2. The zero-order chi connectivity index (χ0) is 11.5. The molecule has 0 spiro atoms. The van der Waals surface area contributed by atoms with Crippen molar-refractivity contribution in [3.8, 4) is 16.3 Å². The van der Waals surface area contributed by atoms with Crippen LogP contribution in [0, 0.1) is 0 Å². The fourth-order valence-corrected chi connectivity index (χ4v) is 2.17. The van der Waals surface area contributed by atoms with Crippen molar-refractivity contribution in [2.75, 3.05) is 7.11 Å². The van der Waals surface area contributed by atoms with Gasteiger partial charge in [-0.3, -0.25) is 0 Å². The van der Waals surface area contributed by atoms with Crippen molar-refractivity contribution in [1.82, 2.24) is 10.2 Å². The van der Waals surface area contributed by atoms with E-state index in [1.165, 1.54) is 11.3 Å². The second kappa shape index (κ2) is 4.59. The van der Waals surface area contributed by atoms with Gasteiger partial charge in [0.15, 0.2) is 5.01 Å². The van der Waals surface area contributed by atoms with E-state index in [4.69, 9.17) is 10.5 Å². The van der Waals surface area contributed by atoms with Gasteiger partial charge < -0.3 is 10.5 Å². The number of rotatable bonds is 3. The van der Waals surface area contributed by atoms with Crippen LogP contribution in [0.5, 0.6) is 5.75 Å². The van der Waals surface area contributed by atoms with Gasteiger partial charge in [-0.15, -0.1) is 10.2 Å². The molecule has 16 heavy (non-hydrogen) atoms. The maximum Gasteiger partial charge on any atom is 0.151 e. The molecular formula is C11H13N3OS. The lowest BCUT2D eigenvalue weighted by atomic mass is 10.2. The Hall–Kier alpha value is -1.46. The van der Waals surface area contributed by atoms with E-state index in [1.807, 2.05) is 31.2 Å². The molecule has 0 amide bonds. The van der Waals surface area contributed by atoms with E-state index in [-0.39, 0.29) is 6.04 Å². The maximum absolute atomic E-state index is 5.75. The molecule has 0 saturated carbocycles. The molecule has 0 aliphatic carbocycles. The first-order valence-electron chi connectivity index (χ1n) is 4.94. The summed E-state index contributed by atoms with van der Waals surface area (Å²) in [5.41, 5.74) is 6.71. The van der Waals surface area contributed by atoms with E-state index in [0.29, 0.717) is 0 Å². The van der Waals surface area contributed by atoms with Crippen LogP contribution in [-0.2, 0) is 0 Å². The minimum Gasteiger partial charge on any atom is -0.496 e. The molecule has 0 fully saturated rings. The average Bonchev–Trinajstić information content (AvgIpc) is 2.78. The summed E-state index contributed by atoms with van der Waals surface area (Å²) in [5, 5.41) is 9.85. The Morgan fingerprint density at radius 2 is 2.06 bits per heavy atom. The van der Waals surface area contributed by atoms with Crippen molar-refractivity contribution in [1.29, 1.82) is 0 Å². The summed E-state index contributed by atoms with van der Waals surface area (Å²) in [7, 11) is 1.65. The highest BCUT2D eigenvalue weighted by molar-refractivity contribution is 7.14. The highest BCUT2D eigenvalue weighted by Gasteiger charge is 2.12. The molecule has 0 aliphatic rings. The lowest BCUT2D eigenvalue weighted by Crippen LogP contribution is -2.03. The monoisotopic (exact) mass is 235 g/mol. The molecule has 1 aromatic carbocycles. The van der Waals surface area contributed by atoms with Crippen molar-refractivity contribution >= 4 is 11.3 Å². The van der Waals surface area contributed by atoms with Gasteiger partial charge in [0.05, 0.1) is 18.7 Å². The Kier molecular flexibility index (Phi) is 3.17. The molecule has 1 atom stereocenters. The first-order valence-corrected chi connectivity index (χ1v) is 5.76. The summed E-state index contributed by atoms with van der Waals surface area (Å²) in [5.74, 6) is 0.801. The lowest BCUT2D eigenvalue weighted by molar-refractivity contribution is 0.416. The number of methoxy groups -OCH3 is 1. The van der Waals surface area contributed by atoms with E-state index in [9.17, 15) is 0 Å². The van der Waals surface area contributed by atoms with Gasteiger partial charge in [-0.25, -0.2) is 0 Å². The molecule has 0 bridgehead atoms. The van der Waals surface area contributed by atoms with E-state index < -0.39 is 0 Å². The first kappa shape index (κ1) is 11.0. The molecule has 0 radical (unpaired) electrons. The van der Waals surface area contributed by atoms with Crippen LogP contribution in [-0.4, -0.2) is 17.3 Å². The van der Waals surface area contributed by atoms with Gasteiger partial charge in [-0.05, 0) is 19.1 Å². The molecule has 4 nitrogen and oxygen atoms in total. The van der Waals surface area contributed by atoms with Crippen LogP contribution in [0.3, 0.4) is 0 Å². The summed E-state index contributed by atoms with van der Waals surface area (Å²) < 4.78 is 5.28. The lowest BCUT2D eigenvalue weighted by Gasteiger charge is -2.03. The molecule has 1 aromatic heterocycles. The normalized spacial score (nSPS) is 12.4. The van der Waals surface area contributed by atoms with E-state index in [0.717, 1.165) is 21.3 Å². The Morgan fingerprint density at radius 3 is 2.69 bits per heavy atom. The fraction of sp³-hybridized carbons (Fsp3) is 0.273. The third-order valence-corrected chi connectivity index (χ3v) is 3.33. The molecule has 5 heteroatoms. The second-order valence-electron chi connectivity index (χ2n) is 3.43. The fourth-order valence-electron chi connectivity index (χ4n) is 1.35. The molecule has 2 N–H and O–H groups in total. The van der Waals surface area contributed by atoms with Crippen molar-refractivity contribution in [2.45, 2.75) is 13.0 Å². The van der Waals surface area contributed by atoms with Gasteiger partial charge in [-0.2, -0.15) is 0 Å². The summed E-state index contributed by atoms with van der Waals surface area (Å²) in [6, 6.07) is 7.66. The van der Waals surface area contributed by atoms with Crippen LogP contribution in [0.4, 0.5) is 0 Å². The Balaban J connectivity index is 2.42. The minimum absolute atomic E-state index is 0.0824. The number of ether oxygens (including phenoxy) is 1. The van der Waals surface area contributed by atoms with Crippen molar-refractivity contribution in [3.05, 3.63) is 29.3 Å². The highest BCUT2D eigenvalue weighted by atomic mass is 32.1. The molecule has 2 rings (SSSR count). The molecule has 2 aromatic rings. The van der Waals surface area contributed by atoms with E-state index >= 15 is 0 Å². The van der Waals surface area contributed by atoms with Crippen molar-refractivity contribution in [2.24, 2.45) is 5.73 Å². The summed E-state index contributed by atoms with van der Waals surface area (Å²) in [6.07, 6.45) is 0. The van der Waals surface area contributed by atoms with Crippen molar-refractivity contribution < 1.29 is 4.74 Å². The largest absolute Gasteiger partial charge is 0.496 e. The minimum atomic E-state index is -0.0824. The second-order valence-corrected chi connectivity index (χ2v) is 4.44. The SMILES string of the molecule is COc1ccccc1-c1nnc(C(C)N)s1. The van der Waals surface area contributed by atoms with Gasteiger partial charge in [0.1, 0.15) is 10.8 Å². The van der Waals surface area contributed by atoms with Crippen LogP contribution in [0.25, 0.3) is 10.6 Å². The number of benzene rings is 1. The molecule has 1 heterocycles. The molecule has 1 unspecified atom stereocenters. The zero-order valence-corrected chi connectivity index (χ0v) is 9.99. The van der Waals surface area contributed by atoms with Gasteiger partial charge in [0.2, 0.25) is 0 Å². The maximum atomic E-state index is 5.75. The van der Waals surface area contributed by atoms with Gasteiger partial charge in [0, 0.05) is 0 Å². The standard InChI is InChI=1S/C11H13N3OS/c1-7(12)10-13-14-11(16-10)8-5-3-4-6-9(8)15-2/h3-7H,12H2,1-2H3. The average molecular weight is 235 g/mol. The van der Waals surface area contributed by atoms with Crippen LogP contribution < -0.4 is 10.5 Å². The molecule has 84 valence electrons. The third kappa shape index (κ3) is 2.05. The van der Waals surface area contributed by atoms with Gasteiger partial charge >= 0.3 is 0 Å². The first-order chi connectivity index (χ1) is 7.72. The number of nitrogens with two attached hydrogens (primary N) is 1. The zero-order valence-electron chi connectivity index (χ0n) is 9.18. The van der Waals surface area contributed by atoms with Crippen molar-refractivity contribution in [3.63, 3.8) is 0 Å². The number of para-hydroxylation sites is 1. The summed E-state index contributed by atoms with van der Waals surface area (Å²) in [4.78, 5) is 0. The van der Waals surface area contributed by atoms with Gasteiger partial charge in [-0.1, -0.05) is 23.5 Å². The van der Waals surface area contributed by atoms with E-state index in [2.05, 4.69) is 10.2 Å². The van der Waals surface area contributed by atoms with Gasteiger partial charge in [0.25, 0.3) is 0 Å². The van der Waals surface area contributed by atoms with Crippen LogP contribution in [0.15, 0.2) is 24.3 Å². The van der Waals surface area contributed by atoms with Crippen LogP contribution in [0.1, 0.15) is 18.0 Å². The number of hydrogen-bond donors (Lipinski definition) is 1. The summed E-state index contributed by atoms with van der Waals surface area (Å²) >= 11 is 1.50. The molecule has 0 aliphatic heterocycles. The summed E-state index contributed by atoms with van der Waals surface area (Å²) in [6.45, 7) is 1.90. The third-order valence-electron chi connectivity index (χ3n) is 2.17. The predicted molar refractivity (Wildman–Crippen MR) is 64.5 cm³/mol. The Bertz CT molecular complexity index is 482. The predicted octanol–water partition coefficient (Wildman–Crippen LogP) is 2.23. The number of nitrogens with zero attached hydrogens (tertiary/aromatic N) is 2. The highest BCUT2D eigenvalue weighted by Crippen LogP contribution is 2.32. The Labute approximate surface area is 98.1 Å². The number of hydrogen-bond acceptors (Lipinski definition) is 5. The Morgan fingerprint density at radius 1 is 1.31 bits per heavy atom. The van der Waals surface area contributed by atoms with Crippen LogP contribution in [0.2, 0.25) is 0 Å². The van der Waals surface area contributed by atoms with E-state index in [1.54, 1.807) is 7.11 Å². The quantitative estimate of drug-likeness (QED) is 0.886. The molecule has 0 saturated heterocycles. The topological polar surface area (TPSA) is 61.0 Å². The van der Waals surface area contributed by atoms with Crippen LogP contribution >= 0.6 is 11.3 Å². The smallest absolute Gasteiger partial charge is 0.151 e.